The second-order valence-corrected chi connectivity index (χ2v) is 5.27. The molecule has 4 nitrogen and oxygen atoms in total. The van der Waals surface area contributed by atoms with Gasteiger partial charge in [-0.2, -0.15) is 5.10 Å². The van der Waals surface area contributed by atoms with E-state index in [1.54, 1.807) is 49.4 Å². The maximum atomic E-state index is 11.7. The average Bonchev–Trinajstić information content (AvgIpc) is 2.18. The molecule has 0 fully saturated rings. The van der Waals surface area contributed by atoms with Gasteiger partial charge in [0.15, 0.2) is 9.84 Å². The fraction of sp³-hybridized carbons (Fsp3) is 0.300. The van der Waals surface area contributed by atoms with Gasteiger partial charge in [-0.1, -0.05) is 18.2 Å². The Labute approximate surface area is 90.1 Å². The van der Waals surface area contributed by atoms with Crippen LogP contribution >= 0.6 is 0 Å². The molecule has 0 aliphatic carbocycles. The quantitative estimate of drug-likeness (QED) is 0.568. The van der Waals surface area contributed by atoms with E-state index in [1.807, 2.05) is 0 Å². The van der Waals surface area contributed by atoms with Gasteiger partial charge >= 0.3 is 0 Å². The van der Waals surface area contributed by atoms with Crippen LogP contribution in [0.3, 0.4) is 0 Å². The van der Waals surface area contributed by atoms with E-state index >= 15 is 0 Å². The van der Waals surface area contributed by atoms with Crippen molar-refractivity contribution in [2.45, 2.75) is 4.90 Å². The molecule has 82 valence electrons. The van der Waals surface area contributed by atoms with Crippen LogP contribution in [0, 0.1) is 0 Å². The zero-order chi connectivity index (χ0) is 11.3. The molecule has 15 heavy (non-hydrogen) atoms. The molecule has 5 heteroatoms. The summed E-state index contributed by atoms with van der Waals surface area (Å²) >= 11 is 0. The van der Waals surface area contributed by atoms with Gasteiger partial charge < -0.3 is 5.01 Å². The molecule has 1 rings (SSSR count). The maximum absolute atomic E-state index is 11.7. The summed E-state index contributed by atoms with van der Waals surface area (Å²) in [6, 6.07) is 8.36. The lowest BCUT2D eigenvalue weighted by atomic mass is 10.4. The van der Waals surface area contributed by atoms with Crippen LogP contribution in [0.25, 0.3) is 0 Å². The van der Waals surface area contributed by atoms with Crippen molar-refractivity contribution in [2.75, 3.05) is 19.8 Å². The first-order chi connectivity index (χ1) is 7.02. The summed E-state index contributed by atoms with van der Waals surface area (Å²) in [6.45, 7) is 0. The van der Waals surface area contributed by atoms with E-state index < -0.39 is 9.84 Å². The smallest absolute Gasteiger partial charge is 0.183 e. The summed E-state index contributed by atoms with van der Waals surface area (Å²) in [5, 5.41) is 5.42. The summed E-state index contributed by atoms with van der Waals surface area (Å²) in [5.74, 6) is -0.0742. The third-order valence-electron chi connectivity index (χ3n) is 1.71. The van der Waals surface area contributed by atoms with Crippen molar-refractivity contribution in [3.8, 4) is 0 Å². The first kappa shape index (κ1) is 11.7. The van der Waals surface area contributed by atoms with Crippen LogP contribution in [-0.4, -0.2) is 39.5 Å². The molecule has 0 heterocycles. The van der Waals surface area contributed by atoms with E-state index in [9.17, 15) is 8.42 Å². The summed E-state index contributed by atoms with van der Waals surface area (Å²) in [4.78, 5) is 0.329. The zero-order valence-electron chi connectivity index (χ0n) is 8.79. The third-order valence-corrected chi connectivity index (χ3v) is 3.29. The van der Waals surface area contributed by atoms with Gasteiger partial charge in [-0.25, -0.2) is 8.42 Å². The lowest BCUT2D eigenvalue weighted by molar-refractivity contribution is 0.440. The van der Waals surface area contributed by atoms with Gasteiger partial charge in [-0.05, 0) is 12.1 Å². The molecule has 0 N–H and O–H groups in total. The number of sulfone groups is 1. The highest BCUT2D eigenvalue weighted by atomic mass is 32.2. The molecule has 0 saturated carbocycles. The fourth-order valence-corrected chi connectivity index (χ4v) is 2.05. The van der Waals surface area contributed by atoms with Gasteiger partial charge in [0.05, 0.1) is 10.6 Å². The second-order valence-electron chi connectivity index (χ2n) is 3.24. The Morgan fingerprint density at radius 2 is 1.87 bits per heavy atom. The SMILES string of the molecule is CN(C)N=CCS(=O)(=O)c1ccccc1. The van der Waals surface area contributed by atoms with Crippen molar-refractivity contribution in [2.24, 2.45) is 5.10 Å². The third kappa shape index (κ3) is 3.71. The lowest BCUT2D eigenvalue weighted by Crippen LogP contribution is -2.10. The van der Waals surface area contributed by atoms with Crippen LogP contribution in [0.2, 0.25) is 0 Å². The first-order valence-electron chi connectivity index (χ1n) is 4.50. The highest BCUT2D eigenvalue weighted by Crippen LogP contribution is 2.08. The number of benzene rings is 1. The van der Waals surface area contributed by atoms with Crippen LogP contribution in [0.1, 0.15) is 0 Å². The van der Waals surface area contributed by atoms with Crippen molar-refractivity contribution in [3.63, 3.8) is 0 Å². The van der Waals surface area contributed by atoms with E-state index in [-0.39, 0.29) is 5.75 Å². The number of hydrazone groups is 1. The molecule has 0 aliphatic heterocycles. The Bertz CT molecular complexity index is 424. The van der Waals surface area contributed by atoms with Gasteiger partial charge in [-0.3, -0.25) is 0 Å². The number of hydrogen-bond acceptors (Lipinski definition) is 4. The highest BCUT2D eigenvalue weighted by Gasteiger charge is 2.11. The fourth-order valence-electron chi connectivity index (χ4n) is 1.02. The minimum atomic E-state index is -3.23. The van der Waals surface area contributed by atoms with Crippen molar-refractivity contribution >= 4 is 16.1 Å². The Balaban J connectivity index is 2.78. The summed E-state index contributed by atoms with van der Waals surface area (Å²) in [6.07, 6.45) is 1.39. The Morgan fingerprint density at radius 3 is 2.40 bits per heavy atom. The summed E-state index contributed by atoms with van der Waals surface area (Å²) in [7, 11) is 0.251. The molecule has 0 unspecified atom stereocenters. The number of nitrogens with zero attached hydrogens (tertiary/aromatic N) is 2. The molecule has 1 aromatic rings. The number of hydrogen-bond donors (Lipinski definition) is 0. The zero-order valence-corrected chi connectivity index (χ0v) is 9.61. The van der Waals surface area contributed by atoms with Gasteiger partial charge in [0, 0.05) is 20.3 Å². The van der Waals surface area contributed by atoms with Crippen LogP contribution in [0.15, 0.2) is 40.3 Å². The summed E-state index contributed by atoms with van der Waals surface area (Å²) in [5.41, 5.74) is 0. The monoisotopic (exact) mass is 226 g/mol. The number of rotatable bonds is 4. The molecule has 0 aliphatic rings. The standard InChI is InChI=1S/C10H14N2O2S/c1-12(2)11-8-9-15(13,14)10-6-4-3-5-7-10/h3-8H,9H2,1-2H3. The molecule has 0 saturated heterocycles. The molecule has 0 amide bonds. The Kier molecular flexibility index (Phi) is 3.85. The first-order valence-corrected chi connectivity index (χ1v) is 6.15. The van der Waals surface area contributed by atoms with Gasteiger partial charge in [0.1, 0.15) is 0 Å². The summed E-state index contributed by atoms with van der Waals surface area (Å²) < 4.78 is 23.4. The van der Waals surface area contributed by atoms with Crippen LogP contribution in [0.5, 0.6) is 0 Å². The average molecular weight is 226 g/mol. The van der Waals surface area contributed by atoms with Crippen LogP contribution in [0.4, 0.5) is 0 Å². The molecule has 0 aromatic heterocycles. The lowest BCUT2D eigenvalue weighted by Gasteiger charge is -2.03. The van der Waals surface area contributed by atoms with Gasteiger partial charge in [0.2, 0.25) is 0 Å². The molecular weight excluding hydrogens is 212 g/mol. The molecule has 0 bridgehead atoms. The Morgan fingerprint density at radius 1 is 1.27 bits per heavy atom. The van der Waals surface area contributed by atoms with Crippen molar-refractivity contribution in [1.29, 1.82) is 0 Å². The molecule has 0 atom stereocenters. The van der Waals surface area contributed by atoms with Crippen molar-refractivity contribution < 1.29 is 8.42 Å². The molecule has 0 spiro atoms. The minimum absolute atomic E-state index is 0.0742. The minimum Gasteiger partial charge on any atom is -0.303 e. The molecule has 1 aromatic carbocycles. The molecular formula is C10H14N2O2S. The van der Waals surface area contributed by atoms with Crippen molar-refractivity contribution in [1.82, 2.24) is 5.01 Å². The van der Waals surface area contributed by atoms with Crippen LogP contribution < -0.4 is 0 Å². The van der Waals surface area contributed by atoms with E-state index in [1.165, 1.54) is 6.21 Å². The van der Waals surface area contributed by atoms with E-state index in [2.05, 4.69) is 5.10 Å². The normalized spacial score (nSPS) is 11.9. The van der Waals surface area contributed by atoms with Gasteiger partial charge in [0.25, 0.3) is 0 Å². The predicted molar refractivity (Wildman–Crippen MR) is 60.7 cm³/mol. The van der Waals surface area contributed by atoms with Crippen LogP contribution in [-0.2, 0) is 9.84 Å². The predicted octanol–water partition coefficient (Wildman–Crippen LogP) is 1.01. The Hall–Kier alpha value is -1.36. The topological polar surface area (TPSA) is 49.7 Å². The van der Waals surface area contributed by atoms with Crippen molar-refractivity contribution in [3.05, 3.63) is 30.3 Å². The highest BCUT2D eigenvalue weighted by molar-refractivity contribution is 7.92. The van der Waals surface area contributed by atoms with E-state index in [0.717, 1.165) is 0 Å². The largest absolute Gasteiger partial charge is 0.303 e. The molecule has 0 radical (unpaired) electrons. The van der Waals surface area contributed by atoms with E-state index in [4.69, 9.17) is 0 Å². The maximum Gasteiger partial charge on any atom is 0.183 e. The van der Waals surface area contributed by atoms with Gasteiger partial charge in [-0.15, -0.1) is 0 Å². The second kappa shape index (κ2) is 4.93. The van der Waals surface area contributed by atoms with E-state index in [0.29, 0.717) is 4.90 Å².